The maximum atomic E-state index is 13.5. The van der Waals surface area contributed by atoms with E-state index < -0.39 is 0 Å². The molecule has 2 rings (SSSR count). The van der Waals surface area contributed by atoms with E-state index in [4.69, 9.17) is 5.73 Å². The molecule has 4 nitrogen and oxygen atoms in total. The molecule has 0 aliphatic rings. The standard InChI is InChI=1S/C14H19FN4/c1-4-12(16)14-13(5-2)19(18-17-14)11-7-9(3)6-10(15)8-11/h6-8,12H,4-5,16H2,1-3H3. The summed E-state index contributed by atoms with van der Waals surface area (Å²) in [7, 11) is 0. The van der Waals surface area contributed by atoms with E-state index in [2.05, 4.69) is 10.3 Å². The van der Waals surface area contributed by atoms with Crippen molar-refractivity contribution in [3.8, 4) is 5.69 Å². The zero-order valence-corrected chi connectivity index (χ0v) is 11.5. The van der Waals surface area contributed by atoms with Gasteiger partial charge in [-0.3, -0.25) is 0 Å². The quantitative estimate of drug-likeness (QED) is 0.921. The highest BCUT2D eigenvalue weighted by Gasteiger charge is 2.17. The smallest absolute Gasteiger partial charge is 0.125 e. The van der Waals surface area contributed by atoms with Crippen molar-refractivity contribution in [1.29, 1.82) is 0 Å². The molecular formula is C14H19FN4. The summed E-state index contributed by atoms with van der Waals surface area (Å²) in [5.74, 6) is -0.270. The van der Waals surface area contributed by atoms with Gasteiger partial charge in [-0.1, -0.05) is 19.1 Å². The first-order valence-corrected chi connectivity index (χ1v) is 6.54. The Hall–Kier alpha value is -1.75. The van der Waals surface area contributed by atoms with Gasteiger partial charge >= 0.3 is 0 Å². The summed E-state index contributed by atoms with van der Waals surface area (Å²) < 4.78 is 15.2. The second-order valence-electron chi connectivity index (χ2n) is 4.69. The average molecular weight is 262 g/mol. The Labute approximate surface area is 112 Å². The van der Waals surface area contributed by atoms with Crippen LogP contribution in [0.1, 0.15) is 43.3 Å². The molecule has 0 bridgehead atoms. The maximum Gasteiger partial charge on any atom is 0.125 e. The Balaban J connectivity index is 2.53. The molecule has 0 aliphatic heterocycles. The molecule has 0 spiro atoms. The van der Waals surface area contributed by atoms with Gasteiger partial charge in [0.15, 0.2) is 0 Å². The van der Waals surface area contributed by atoms with Crippen LogP contribution in [-0.4, -0.2) is 15.0 Å². The lowest BCUT2D eigenvalue weighted by molar-refractivity contribution is 0.622. The summed E-state index contributed by atoms with van der Waals surface area (Å²) in [5, 5.41) is 8.29. The van der Waals surface area contributed by atoms with Crippen LogP contribution in [0.15, 0.2) is 18.2 Å². The first kappa shape index (κ1) is 13.7. The van der Waals surface area contributed by atoms with E-state index >= 15 is 0 Å². The van der Waals surface area contributed by atoms with E-state index in [1.165, 1.54) is 12.1 Å². The molecule has 0 aliphatic carbocycles. The number of hydrogen-bond donors (Lipinski definition) is 1. The molecular weight excluding hydrogens is 243 g/mol. The number of benzene rings is 1. The molecule has 1 atom stereocenters. The van der Waals surface area contributed by atoms with Crippen LogP contribution in [0.4, 0.5) is 4.39 Å². The van der Waals surface area contributed by atoms with Gasteiger partial charge in [0.1, 0.15) is 11.5 Å². The van der Waals surface area contributed by atoms with Crippen molar-refractivity contribution in [2.75, 3.05) is 0 Å². The fourth-order valence-corrected chi connectivity index (χ4v) is 2.17. The van der Waals surface area contributed by atoms with Gasteiger partial charge in [-0.05, 0) is 43.5 Å². The molecule has 1 aromatic heterocycles. The van der Waals surface area contributed by atoms with Crippen molar-refractivity contribution < 1.29 is 4.39 Å². The molecule has 0 radical (unpaired) electrons. The van der Waals surface area contributed by atoms with Crippen LogP contribution in [-0.2, 0) is 6.42 Å². The molecule has 0 saturated heterocycles. The fraction of sp³-hybridized carbons (Fsp3) is 0.429. The highest BCUT2D eigenvalue weighted by molar-refractivity contribution is 5.37. The number of nitrogens with two attached hydrogens (primary N) is 1. The molecule has 102 valence electrons. The van der Waals surface area contributed by atoms with Crippen molar-refractivity contribution in [3.63, 3.8) is 0 Å². The molecule has 19 heavy (non-hydrogen) atoms. The van der Waals surface area contributed by atoms with Gasteiger partial charge in [0.25, 0.3) is 0 Å². The summed E-state index contributed by atoms with van der Waals surface area (Å²) >= 11 is 0. The number of halogens is 1. The Morgan fingerprint density at radius 3 is 2.63 bits per heavy atom. The van der Waals surface area contributed by atoms with Crippen LogP contribution in [0.2, 0.25) is 0 Å². The van der Waals surface area contributed by atoms with E-state index in [-0.39, 0.29) is 11.9 Å². The Kier molecular flexibility index (Phi) is 3.95. The van der Waals surface area contributed by atoms with Gasteiger partial charge in [-0.15, -0.1) is 5.10 Å². The maximum absolute atomic E-state index is 13.5. The van der Waals surface area contributed by atoms with Crippen molar-refractivity contribution in [2.24, 2.45) is 5.73 Å². The molecule has 5 heteroatoms. The lowest BCUT2D eigenvalue weighted by atomic mass is 10.1. The van der Waals surface area contributed by atoms with E-state index in [0.717, 1.165) is 29.8 Å². The molecule has 2 aromatic rings. The van der Waals surface area contributed by atoms with E-state index in [9.17, 15) is 4.39 Å². The van der Waals surface area contributed by atoms with Crippen molar-refractivity contribution in [3.05, 3.63) is 41.0 Å². The summed E-state index contributed by atoms with van der Waals surface area (Å²) in [5.41, 5.74) is 9.32. The van der Waals surface area contributed by atoms with Crippen LogP contribution < -0.4 is 5.73 Å². The number of rotatable bonds is 4. The Morgan fingerprint density at radius 1 is 1.32 bits per heavy atom. The van der Waals surface area contributed by atoms with Gasteiger partial charge in [0.2, 0.25) is 0 Å². The molecule has 1 aromatic carbocycles. The van der Waals surface area contributed by atoms with Crippen LogP contribution in [0.25, 0.3) is 5.69 Å². The molecule has 1 heterocycles. The third-order valence-electron chi connectivity index (χ3n) is 3.19. The van der Waals surface area contributed by atoms with E-state index in [0.29, 0.717) is 5.69 Å². The molecule has 1 unspecified atom stereocenters. The summed E-state index contributed by atoms with van der Waals surface area (Å²) in [6.45, 7) is 5.89. The number of nitrogens with zero attached hydrogens (tertiary/aromatic N) is 3. The first-order chi connectivity index (χ1) is 9.06. The lowest BCUT2D eigenvalue weighted by Crippen LogP contribution is -2.12. The number of aryl methyl sites for hydroxylation is 1. The largest absolute Gasteiger partial charge is 0.323 e. The summed E-state index contributed by atoms with van der Waals surface area (Å²) in [6, 6.07) is 4.71. The number of aromatic nitrogens is 3. The van der Waals surface area contributed by atoms with Crippen molar-refractivity contribution in [1.82, 2.24) is 15.0 Å². The molecule has 0 amide bonds. The van der Waals surface area contributed by atoms with Gasteiger partial charge in [-0.2, -0.15) is 0 Å². The van der Waals surface area contributed by atoms with Gasteiger partial charge in [-0.25, -0.2) is 9.07 Å². The zero-order valence-electron chi connectivity index (χ0n) is 11.5. The third-order valence-corrected chi connectivity index (χ3v) is 3.19. The van der Waals surface area contributed by atoms with Crippen LogP contribution in [0, 0.1) is 12.7 Å². The second kappa shape index (κ2) is 5.48. The van der Waals surface area contributed by atoms with Crippen LogP contribution in [0.3, 0.4) is 0 Å². The first-order valence-electron chi connectivity index (χ1n) is 6.54. The summed E-state index contributed by atoms with van der Waals surface area (Å²) in [4.78, 5) is 0. The second-order valence-corrected chi connectivity index (χ2v) is 4.69. The zero-order chi connectivity index (χ0) is 14.0. The van der Waals surface area contributed by atoms with Gasteiger partial charge in [0, 0.05) is 0 Å². The Bertz CT molecular complexity index is 557. The van der Waals surface area contributed by atoms with Gasteiger partial charge in [0.05, 0.1) is 17.4 Å². The van der Waals surface area contributed by atoms with Crippen LogP contribution >= 0.6 is 0 Å². The van der Waals surface area contributed by atoms with E-state index in [1.807, 2.05) is 26.8 Å². The highest BCUT2D eigenvalue weighted by Crippen LogP contribution is 2.21. The van der Waals surface area contributed by atoms with Crippen LogP contribution in [0.5, 0.6) is 0 Å². The topological polar surface area (TPSA) is 56.7 Å². The highest BCUT2D eigenvalue weighted by atomic mass is 19.1. The normalized spacial score (nSPS) is 12.7. The number of hydrogen-bond acceptors (Lipinski definition) is 3. The SMILES string of the molecule is CCc1c(C(N)CC)nnn1-c1cc(C)cc(F)c1. The third kappa shape index (κ3) is 2.66. The molecule has 0 saturated carbocycles. The summed E-state index contributed by atoms with van der Waals surface area (Å²) in [6.07, 6.45) is 1.56. The minimum absolute atomic E-state index is 0.127. The average Bonchev–Trinajstić information content (AvgIpc) is 2.80. The predicted molar refractivity (Wildman–Crippen MR) is 72.7 cm³/mol. The minimum atomic E-state index is -0.270. The molecule has 0 fully saturated rings. The van der Waals surface area contributed by atoms with Crippen molar-refractivity contribution >= 4 is 0 Å². The minimum Gasteiger partial charge on any atom is -0.323 e. The fourth-order valence-electron chi connectivity index (χ4n) is 2.17. The Morgan fingerprint density at radius 2 is 2.05 bits per heavy atom. The predicted octanol–water partition coefficient (Wildman–Crippen LogP) is 2.69. The van der Waals surface area contributed by atoms with Crippen molar-refractivity contribution in [2.45, 2.75) is 39.7 Å². The van der Waals surface area contributed by atoms with E-state index in [1.54, 1.807) is 4.68 Å². The lowest BCUT2D eigenvalue weighted by Gasteiger charge is -2.10. The van der Waals surface area contributed by atoms with Gasteiger partial charge < -0.3 is 5.73 Å². The molecule has 2 N–H and O–H groups in total. The monoisotopic (exact) mass is 262 g/mol.